The largest absolute Gasteiger partial charge is 0.497 e. The van der Waals surface area contributed by atoms with Gasteiger partial charge in [0, 0.05) is 30.4 Å². The molecule has 0 spiro atoms. The molecule has 0 unspecified atom stereocenters. The molecule has 1 aromatic carbocycles. The average Bonchev–Trinajstić information content (AvgIpc) is 2.51. The van der Waals surface area contributed by atoms with E-state index < -0.39 is 13.0 Å². The monoisotopic (exact) mass is 321 g/mol. The second kappa shape index (κ2) is 6.36. The molecule has 0 aliphatic carbocycles. The highest BCUT2D eigenvalue weighted by atomic mass is 19.3. The van der Waals surface area contributed by atoms with Crippen LogP contribution in [-0.4, -0.2) is 44.1 Å². The van der Waals surface area contributed by atoms with Crippen LogP contribution in [0.2, 0.25) is 0 Å². The molecule has 1 amide bonds. The Kier molecular flexibility index (Phi) is 4.27. The Bertz CT molecular complexity index is 718. The van der Waals surface area contributed by atoms with E-state index in [1.165, 1.54) is 0 Å². The van der Waals surface area contributed by atoms with Gasteiger partial charge in [-0.15, -0.1) is 0 Å². The number of hydrogen-bond acceptors (Lipinski definition) is 4. The molecule has 2 heterocycles. The van der Waals surface area contributed by atoms with Crippen LogP contribution in [0, 0.1) is 5.92 Å². The first-order chi connectivity index (χ1) is 11.1. The first-order valence-corrected chi connectivity index (χ1v) is 7.32. The molecule has 1 aliphatic rings. The summed E-state index contributed by atoms with van der Waals surface area (Å²) in [5.41, 5.74) is 1.81. The molecule has 1 aliphatic heterocycles. The molecule has 1 fully saturated rings. The number of anilines is 1. The predicted molar refractivity (Wildman–Crippen MR) is 83.0 cm³/mol. The number of carbonyl (C=O) groups is 1. The van der Waals surface area contributed by atoms with E-state index in [9.17, 15) is 13.6 Å². The summed E-state index contributed by atoms with van der Waals surface area (Å²) < 4.78 is 29.5. The zero-order valence-electron chi connectivity index (χ0n) is 12.6. The first kappa shape index (κ1) is 15.5. The van der Waals surface area contributed by atoms with Gasteiger partial charge in [-0.05, 0) is 24.3 Å². The minimum absolute atomic E-state index is 0.262. The van der Waals surface area contributed by atoms with Gasteiger partial charge in [0.15, 0.2) is 0 Å². The number of hydrogen-bond donors (Lipinski definition) is 1. The zero-order valence-corrected chi connectivity index (χ0v) is 12.6. The third-order valence-corrected chi connectivity index (χ3v) is 3.95. The van der Waals surface area contributed by atoms with Crippen LogP contribution in [-0.2, 0) is 4.79 Å². The molecule has 23 heavy (non-hydrogen) atoms. The fourth-order valence-electron chi connectivity index (χ4n) is 2.68. The number of nitrogens with one attached hydrogen (secondary N) is 1. The second-order valence-corrected chi connectivity index (χ2v) is 5.45. The molecule has 1 aromatic heterocycles. The van der Waals surface area contributed by atoms with E-state index in [1.54, 1.807) is 13.3 Å². The van der Waals surface area contributed by atoms with Crippen LogP contribution < -0.4 is 15.0 Å². The topological polar surface area (TPSA) is 54.5 Å². The lowest BCUT2D eigenvalue weighted by molar-refractivity contribution is -0.126. The van der Waals surface area contributed by atoms with Gasteiger partial charge in [-0.25, -0.2) is 8.78 Å². The Morgan fingerprint density at radius 3 is 2.91 bits per heavy atom. The maximum absolute atomic E-state index is 12.1. The number of amides is 1. The van der Waals surface area contributed by atoms with E-state index in [0.29, 0.717) is 13.1 Å². The van der Waals surface area contributed by atoms with Crippen molar-refractivity contribution in [1.82, 2.24) is 10.3 Å². The van der Waals surface area contributed by atoms with Crippen LogP contribution in [0.1, 0.15) is 0 Å². The molecule has 122 valence electrons. The summed E-state index contributed by atoms with van der Waals surface area (Å²) in [7, 11) is 1.60. The van der Waals surface area contributed by atoms with Crippen molar-refractivity contribution in [1.29, 1.82) is 0 Å². The SMILES string of the molecule is COc1ccc2nccc(N3CC(C(=O)NCC(F)F)C3)c2c1. The van der Waals surface area contributed by atoms with Crippen molar-refractivity contribution < 1.29 is 18.3 Å². The Morgan fingerprint density at radius 2 is 2.22 bits per heavy atom. The molecular weight excluding hydrogens is 304 g/mol. The molecule has 0 saturated carbocycles. The normalized spacial score (nSPS) is 14.9. The fraction of sp³-hybridized carbons (Fsp3) is 0.375. The van der Waals surface area contributed by atoms with Crippen LogP contribution in [0.3, 0.4) is 0 Å². The van der Waals surface area contributed by atoms with Crippen LogP contribution in [0.4, 0.5) is 14.5 Å². The van der Waals surface area contributed by atoms with E-state index in [0.717, 1.165) is 22.3 Å². The van der Waals surface area contributed by atoms with E-state index in [1.807, 2.05) is 29.2 Å². The molecule has 1 N–H and O–H groups in total. The van der Waals surface area contributed by atoms with Crippen LogP contribution in [0.15, 0.2) is 30.5 Å². The van der Waals surface area contributed by atoms with Gasteiger partial charge < -0.3 is 15.0 Å². The van der Waals surface area contributed by atoms with Gasteiger partial charge in [0.05, 0.1) is 25.1 Å². The summed E-state index contributed by atoms with van der Waals surface area (Å²) in [6, 6.07) is 7.51. The lowest BCUT2D eigenvalue weighted by Gasteiger charge is -2.40. The number of carbonyl (C=O) groups excluding carboxylic acids is 1. The number of ether oxygens (including phenoxy) is 1. The van der Waals surface area contributed by atoms with Crippen molar-refractivity contribution in [3.8, 4) is 5.75 Å². The average molecular weight is 321 g/mol. The van der Waals surface area contributed by atoms with E-state index in [-0.39, 0.29) is 11.8 Å². The number of aromatic nitrogens is 1. The molecule has 1 saturated heterocycles. The smallest absolute Gasteiger partial charge is 0.255 e. The molecule has 0 radical (unpaired) electrons. The number of nitrogens with zero attached hydrogens (tertiary/aromatic N) is 2. The minimum atomic E-state index is -2.52. The van der Waals surface area contributed by atoms with Crippen LogP contribution in [0.25, 0.3) is 10.9 Å². The number of pyridine rings is 1. The number of benzene rings is 1. The van der Waals surface area contributed by atoms with E-state index >= 15 is 0 Å². The number of halogens is 2. The molecule has 7 heteroatoms. The summed E-state index contributed by atoms with van der Waals surface area (Å²) >= 11 is 0. The number of methoxy groups -OCH3 is 1. The fourth-order valence-corrected chi connectivity index (χ4v) is 2.68. The highest BCUT2D eigenvalue weighted by Gasteiger charge is 2.33. The van der Waals surface area contributed by atoms with Crippen molar-refractivity contribution in [2.75, 3.05) is 31.6 Å². The van der Waals surface area contributed by atoms with E-state index in [4.69, 9.17) is 4.74 Å². The molecule has 5 nitrogen and oxygen atoms in total. The van der Waals surface area contributed by atoms with Gasteiger partial charge in [-0.1, -0.05) is 0 Å². The van der Waals surface area contributed by atoms with Crippen molar-refractivity contribution in [3.05, 3.63) is 30.5 Å². The third-order valence-electron chi connectivity index (χ3n) is 3.95. The highest BCUT2D eigenvalue weighted by molar-refractivity contribution is 5.94. The number of rotatable bonds is 5. The standard InChI is InChI=1S/C16H17F2N3O2/c1-23-11-2-3-13-12(6-11)14(4-5-19-13)21-8-10(9-21)16(22)20-7-15(17)18/h2-6,10,15H,7-9H2,1H3,(H,20,22). The summed E-state index contributed by atoms with van der Waals surface area (Å²) in [6.45, 7) is 0.418. The summed E-state index contributed by atoms with van der Waals surface area (Å²) in [6.07, 6.45) is -0.805. The summed E-state index contributed by atoms with van der Waals surface area (Å²) in [5, 5.41) is 3.21. The van der Waals surface area contributed by atoms with Crippen LogP contribution in [0.5, 0.6) is 5.75 Å². The third kappa shape index (κ3) is 3.18. The maximum atomic E-state index is 12.1. The van der Waals surface area contributed by atoms with Gasteiger partial charge >= 0.3 is 0 Å². The Morgan fingerprint density at radius 1 is 1.43 bits per heavy atom. The highest BCUT2D eigenvalue weighted by Crippen LogP contribution is 2.32. The quantitative estimate of drug-likeness (QED) is 0.916. The predicted octanol–water partition coefficient (Wildman–Crippen LogP) is 2.06. The molecule has 3 rings (SSSR count). The lowest BCUT2D eigenvalue weighted by atomic mass is 9.97. The number of alkyl halides is 2. The number of fused-ring (bicyclic) bond motifs is 1. The van der Waals surface area contributed by atoms with Crippen molar-refractivity contribution in [2.45, 2.75) is 6.43 Å². The Labute approximate surface area is 132 Å². The summed E-state index contributed by atoms with van der Waals surface area (Å²) in [4.78, 5) is 18.1. The zero-order chi connectivity index (χ0) is 16.4. The van der Waals surface area contributed by atoms with E-state index in [2.05, 4.69) is 10.3 Å². The Balaban J connectivity index is 1.72. The molecule has 0 atom stereocenters. The van der Waals surface area contributed by atoms with Crippen LogP contribution >= 0.6 is 0 Å². The summed E-state index contributed by atoms with van der Waals surface area (Å²) in [5.74, 6) is 0.151. The first-order valence-electron chi connectivity index (χ1n) is 7.32. The molecule has 0 bridgehead atoms. The van der Waals surface area contributed by atoms with Crippen molar-refractivity contribution in [2.24, 2.45) is 5.92 Å². The lowest BCUT2D eigenvalue weighted by Crippen LogP contribution is -2.54. The van der Waals surface area contributed by atoms with Gasteiger partial charge in [0.25, 0.3) is 6.43 Å². The van der Waals surface area contributed by atoms with Gasteiger partial charge in [-0.3, -0.25) is 9.78 Å². The molecular formula is C16H17F2N3O2. The van der Waals surface area contributed by atoms with Gasteiger partial charge in [0.2, 0.25) is 5.91 Å². The minimum Gasteiger partial charge on any atom is -0.497 e. The van der Waals surface area contributed by atoms with Crippen molar-refractivity contribution >= 4 is 22.5 Å². The van der Waals surface area contributed by atoms with Crippen molar-refractivity contribution in [3.63, 3.8) is 0 Å². The Hall–Kier alpha value is -2.44. The van der Waals surface area contributed by atoms with Gasteiger partial charge in [-0.2, -0.15) is 0 Å². The maximum Gasteiger partial charge on any atom is 0.255 e. The molecule has 2 aromatic rings. The second-order valence-electron chi connectivity index (χ2n) is 5.45. The van der Waals surface area contributed by atoms with Gasteiger partial charge in [0.1, 0.15) is 5.75 Å².